The molecule has 1 saturated carbocycles. The Hall–Kier alpha value is -1.22. The van der Waals surface area contributed by atoms with Crippen LogP contribution in [-0.2, 0) is 4.74 Å². The molecular formula is C17H27NO2. The van der Waals surface area contributed by atoms with Gasteiger partial charge in [-0.05, 0) is 49.9 Å². The van der Waals surface area contributed by atoms with Crippen LogP contribution < -0.4 is 10.1 Å². The van der Waals surface area contributed by atoms with E-state index in [0.29, 0.717) is 19.3 Å². The lowest BCUT2D eigenvalue weighted by atomic mass is 9.84. The minimum Gasteiger partial charge on any atom is -0.491 e. The van der Waals surface area contributed by atoms with Crippen LogP contribution in [0.4, 0.5) is 5.69 Å². The molecule has 0 bridgehead atoms. The molecule has 1 fully saturated rings. The lowest BCUT2D eigenvalue weighted by Gasteiger charge is -2.29. The number of benzene rings is 1. The van der Waals surface area contributed by atoms with Gasteiger partial charge in [0.1, 0.15) is 12.4 Å². The SMILES string of the molecule is COCCOc1ccc(NC(C)C2CCCCC2)cc1. The van der Waals surface area contributed by atoms with Gasteiger partial charge in [0.05, 0.1) is 6.61 Å². The molecule has 1 N–H and O–H groups in total. The lowest BCUT2D eigenvalue weighted by molar-refractivity contribution is 0.146. The first kappa shape index (κ1) is 15.2. The third-order valence-corrected chi connectivity index (χ3v) is 4.16. The van der Waals surface area contributed by atoms with Crippen LogP contribution in [0.15, 0.2) is 24.3 Å². The van der Waals surface area contributed by atoms with E-state index in [1.165, 1.54) is 37.8 Å². The summed E-state index contributed by atoms with van der Waals surface area (Å²) in [6.07, 6.45) is 6.93. The van der Waals surface area contributed by atoms with E-state index in [-0.39, 0.29) is 0 Å². The van der Waals surface area contributed by atoms with E-state index in [1.54, 1.807) is 7.11 Å². The van der Waals surface area contributed by atoms with Crippen molar-refractivity contribution in [1.82, 2.24) is 0 Å². The largest absolute Gasteiger partial charge is 0.491 e. The van der Waals surface area contributed by atoms with E-state index >= 15 is 0 Å². The molecule has 0 aromatic heterocycles. The van der Waals surface area contributed by atoms with Crippen LogP contribution in [-0.4, -0.2) is 26.4 Å². The van der Waals surface area contributed by atoms with Crippen LogP contribution in [0.1, 0.15) is 39.0 Å². The van der Waals surface area contributed by atoms with Gasteiger partial charge in [-0.2, -0.15) is 0 Å². The minimum absolute atomic E-state index is 0.551. The summed E-state index contributed by atoms with van der Waals surface area (Å²) in [5, 5.41) is 3.63. The van der Waals surface area contributed by atoms with E-state index in [1.807, 2.05) is 12.1 Å². The Morgan fingerprint density at radius 1 is 1.10 bits per heavy atom. The molecule has 0 aliphatic heterocycles. The van der Waals surface area contributed by atoms with Gasteiger partial charge in [0.2, 0.25) is 0 Å². The second-order valence-electron chi connectivity index (χ2n) is 5.70. The van der Waals surface area contributed by atoms with Crippen molar-refractivity contribution in [3.8, 4) is 5.75 Å². The molecule has 0 radical (unpaired) electrons. The van der Waals surface area contributed by atoms with E-state index in [9.17, 15) is 0 Å². The quantitative estimate of drug-likeness (QED) is 0.761. The zero-order valence-corrected chi connectivity index (χ0v) is 12.7. The van der Waals surface area contributed by atoms with Gasteiger partial charge in [-0.25, -0.2) is 0 Å². The Morgan fingerprint density at radius 2 is 1.80 bits per heavy atom. The van der Waals surface area contributed by atoms with Gasteiger partial charge in [-0.3, -0.25) is 0 Å². The summed E-state index contributed by atoms with van der Waals surface area (Å²) in [5.41, 5.74) is 1.18. The second-order valence-corrected chi connectivity index (χ2v) is 5.70. The highest BCUT2D eigenvalue weighted by molar-refractivity contribution is 5.47. The first-order valence-electron chi connectivity index (χ1n) is 7.78. The standard InChI is InChI=1S/C17H27NO2/c1-14(15-6-4-3-5-7-15)18-16-8-10-17(11-9-16)20-13-12-19-2/h8-11,14-15,18H,3-7,12-13H2,1-2H3. The first-order valence-corrected chi connectivity index (χ1v) is 7.78. The fraction of sp³-hybridized carbons (Fsp3) is 0.647. The second kappa shape index (κ2) is 8.15. The van der Waals surface area contributed by atoms with Gasteiger partial charge < -0.3 is 14.8 Å². The number of rotatable bonds is 7. The maximum atomic E-state index is 5.57. The molecule has 0 spiro atoms. The van der Waals surface area contributed by atoms with Crippen molar-refractivity contribution in [2.75, 3.05) is 25.6 Å². The summed E-state index contributed by atoms with van der Waals surface area (Å²) >= 11 is 0. The number of ether oxygens (including phenoxy) is 2. The van der Waals surface area contributed by atoms with Gasteiger partial charge in [0.25, 0.3) is 0 Å². The van der Waals surface area contributed by atoms with Crippen molar-refractivity contribution in [3.05, 3.63) is 24.3 Å². The zero-order chi connectivity index (χ0) is 14.2. The fourth-order valence-corrected chi connectivity index (χ4v) is 2.91. The molecule has 1 aliphatic carbocycles. The van der Waals surface area contributed by atoms with Crippen molar-refractivity contribution in [2.24, 2.45) is 5.92 Å². The average molecular weight is 277 g/mol. The maximum absolute atomic E-state index is 5.57. The molecule has 2 rings (SSSR count). The maximum Gasteiger partial charge on any atom is 0.119 e. The van der Waals surface area contributed by atoms with Crippen LogP contribution in [0.3, 0.4) is 0 Å². The fourth-order valence-electron chi connectivity index (χ4n) is 2.91. The van der Waals surface area contributed by atoms with Crippen LogP contribution in [0, 0.1) is 5.92 Å². The zero-order valence-electron chi connectivity index (χ0n) is 12.7. The number of hydrogen-bond donors (Lipinski definition) is 1. The van der Waals surface area contributed by atoms with Crippen molar-refractivity contribution in [1.29, 1.82) is 0 Å². The molecule has 0 saturated heterocycles. The van der Waals surface area contributed by atoms with Crippen molar-refractivity contribution in [2.45, 2.75) is 45.1 Å². The Morgan fingerprint density at radius 3 is 2.45 bits per heavy atom. The predicted molar refractivity (Wildman–Crippen MR) is 83.5 cm³/mol. The first-order chi connectivity index (χ1) is 9.79. The Balaban J connectivity index is 1.80. The van der Waals surface area contributed by atoms with Gasteiger partial charge in [-0.15, -0.1) is 0 Å². The molecule has 1 atom stereocenters. The highest BCUT2D eigenvalue weighted by Crippen LogP contribution is 2.28. The summed E-state index contributed by atoms with van der Waals surface area (Å²) in [5.74, 6) is 1.72. The molecule has 0 heterocycles. The summed E-state index contributed by atoms with van der Waals surface area (Å²) in [7, 11) is 1.68. The lowest BCUT2D eigenvalue weighted by Crippen LogP contribution is -2.27. The summed E-state index contributed by atoms with van der Waals surface area (Å²) < 4.78 is 10.5. The summed E-state index contributed by atoms with van der Waals surface area (Å²) in [6, 6.07) is 8.79. The number of hydrogen-bond acceptors (Lipinski definition) is 3. The van der Waals surface area contributed by atoms with E-state index < -0.39 is 0 Å². The molecule has 3 heteroatoms. The molecule has 1 aromatic carbocycles. The van der Waals surface area contributed by atoms with E-state index in [2.05, 4.69) is 24.4 Å². The summed E-state index contributed by atoms with van der Waals surface area (Å²) in [6.45, 7) is 3.53. The van der Waals surface area contributed by atoms with Gasteiger partial charge in [0, 0.05) is 18.8 Å². The topological polar surface area (TPSA) is 30.5 Å². The molecule has 0 amide bonds. The monoisotopic (exact) mass is 277 g/mol. The highest BCUT2D eigenvalue weighted by Gasteiger charge is 2.19. The molecule has 3 nitrogen and oxygen atoms in total. The molecule has 1 aromatic rings. The Bertz CT molecular complexity index is 371. The molecule has 1 unspecified atom stereocenters. The highest BCUT2D eigenvalue weighted by atomic mass is 16.5. The normalized spacial score (nSPS) is 17.7. The van der Waals surface area contributed by atoms with Gasteiger partial charge >= 0.3 is 0 Å². The van der Waals surface area contributed by atoms with Crippen LogP contribution >= 0.6 is 0 Å². The average Bonchev–Trinajstić information content (AvgIpc) is 2.50. The number of nitrogens with one attached hydrogen (secondary N) is 1. The third-order valence-electron chi connectivity index (χ3n) is 4.16. The summed E-state index contributed by atoms with van der Waals surface area (Å²) in [4.78, 5) is 0. The Kier molecular flexibility index (Phi) is 6.19. The predicted octanol–water partition coefficient (Wildman–Crippen LogP) is 4.09. The number of anilines is 1. The molecule has 112 valence electrons. The Labute approximate surface area is 122 Å². The van der Waals surface area contributed by atoms with Crippen LogP contribution in [0.25, 0.3) is 0 Å². The van der Waals surface area contributed by atoms with Crippen LogP contribution in [0.5, 0.6) is 5.75 Å². The van der Waals surface area contributed by atoms with E-state index in [4.69, 9.17) is 9.47 Å². The van der Waals surface area contributed by atoms with Gasteiger partial charge in [-0.1, -0.05) is 19.3 Å². The van der Waals surface area contributed by atoms with Gasteiger partial charge in [0.15, 0.2) is 0 Å². The molecular weight excluding hydrogens is 250 g/mol. The van der Waals surface area contributed by atoms with Crippen molar-refractivity contribution >= 4 is 5.69 Å². The smallest absolute Gasteiger partial charge is 0.119 e. The van der Waals surface area contributed by atoms with Crippen LogP contribution in [0.2, 0.25) is 0 Å². The van der Waals surface area contributed by atoms with E-state index in [0.717, 1.165) is 11.7 Å². The molecule has 20 heavy (non-hydrogen) atoms. The number of methoxy groups -OCH3 is 1. The molecule has 1 aliphatic rings. The van der Waals surface area contributed by atoms with Crippen molar-refractivity contribution < 1.29 is 9.47 Å². The third kappa shape index (κ3) is 4.71. The van der Waals surface area contributed by atoms with Crippen molar-refractivity contribution in [3.63, 3.8) is 0 Å². The minimum atomic E-state index is 0.551.